The fourth-order valence-electron chi connectivity index (χ4n) is 5.85. The van der Waals surface area contributed by atoms with Crippen molar-refractivity contribution in [3.8, 4) is 23.6 Å². The molecular formula is C31H33F2N7. The normalized spacial score (nSPS) is 18.3. The molecule has 1 atom stereocenters. The molecule has 0 saturated carbocycles. The van der Waals surface area contributed by atoms with Crippen LogP contribution in [0.15, 0.2) is 36.5 Å². The van der Waals surface area contributed by atoms with E-state index in [1.807, 2.05) is 13.1 Å². The summed E-state index contributed by atoms with van der Waals surface area (Å²) in [5.41, 5.74) is 0.815. The summed E-state index contributed by atoms with van der Waals surface area (Å²) in [6.07, 6.45) is 10.8. The Bertz CT molecular complexity index is 1600. The highest BCUT2D eigenvalue weighted by Gasteiger charge is 2.25. The van der Waals surface area contributed by atoms with E-state index in [9.17, 15) is 4.39 Å². The molecule has 0 amide bonds. The van der Waals surface area contributed by atoms with Crippen molar-refractivity contribution in [2.24, 2.45) is 0 Å². The molecule has 4 heterocycles. The van der Waals surface area contributed by atoms with Crippen LogP contribution >= 0.6 is 0 Å². The second-order valence-electron chi connectivity index (χ2n) is 10.8. The van der Waals surface area contributed by atoms with Crippen LogP contribution in [0.5, 0.6) is 0 Å². The van der Waals surface area contributed by atoms with Gasteiger partial charge in [0, 0.05) is 63.0 Å². The Morgan fingerprint density at radius 2 is 1.93 bits per heavy atom. The van der Waals surface area contributed by atoms with E-state index in [2.05, 4.69) is 38.0 Å². The smallest absolute Gasteiger partial charge is 0.228 e. The number of nitrogens with one attached hydrogen (secondary N) is 1. The number of aromatic nitrogens is 3. The SMILES string of the molecule is C#Cc1c(F)ccc2cccc(-c3ncc4c(N(C)C[C@@H]5CCCCN5)nc(N5CCN(C)CC5)nc4c3F)c12. The van der Waals surface area contributed by atoms with E-state index >= 15 is 4.39 Å². The van der Waals surface area contributed by atoms with Gasteiger partial charge in [-0.05, 0) is 37.9 Å². The zero-order chi connectivity index (χ0) is 27.8. The predicted octanol–water partition coefficient (Wildman–Crippen LogP) is 4.43. The summed E-state index contributed by atoms with van der Waals surface area (Å²) in [6.45, 7) is 5.00. The highest BCUT2D eigenvalue weighted by atomic mass is 19.1. The molecular weight excluding hydrogens is 508 g/mol. The van der Waals surface area contributed by atoms with E-state index in [0.29, 0.717) is 34.1 Å². The lowest BCUT2D eigenvalue weighted by atomic mass is 9.96. The van der Waals surface area contributed by atoms with Gasteiger partial charge in [0.1, 0.15) is 22.8 Å². The molecule has 0 aliphatic carbocycles. The average molecular weight is 542 g/mol. The third kappa shape index (κ3) is 4.82. The zero-order valence-electron chi connectivity index (χ0n) is 22.9. The van der Waals surface area contributed by atoms with Gasteiger partial charge in [0.05, 0.1) is 10.9 Å². The maximum Gasteiger partial charge on any atom is 0.228 e. The number of nitrogens with zero attached hydrogens (tertiary/aromatic N) is 6. The molecule has 2 saturated heterocycles. The molecule has 2 fully saturated rings. The Kier molecular flexibility index (Phi) is 7.22. The van der Waals surface area contributed by atoms with Crippen LogP contribution in [0.25, 0.3) is 32.9 Å². The van der Waals surface area contributed by atoms with Crippen molar-refractivity contribution >= 4 is 33.4 Å². The third-order valence-corrected chi connectivity index (χ3v) is 8.10. The highest BCUT2D eigenvalue weighted by Crippen LogP contribution is 2.36. The van der Waals surface area contributed by atoms with Gasteiger partial charge in [0.2, 0.25) is 5.95 Å². The topological polar surface area (TPSA) is 60.4 Å². The van der Waals surface area contributed by atoms with Crippen LogP contribution in [0, 0.1) is 24.0 Å². The van der Waals surface area contributed by atoms with E-state index in [4.69, 9.17) is 16.4 Å². The van der Waals surface area contributed by atoms with Crippen LogP contribution < -0.4 is 15.1 Å². The first kappa shape index (κ1) is 26.4. The van der Waals surface area contributed by atoms with Gasteiger partial charge in [0.25, 0.3) is 0 Å². The maximum atomic E-state index is 16.6. The number of pyridine rings is 1. The zero-order valence-corrected chi connectivity index (χ0v) is 22.9. The lowest BCUT2D eigenvalue weighted by Gasteiger charge is -2.33. The molecule has 40 heavy (non-hydrogen) atoms. The average Bonchev–Trinajstić information content (AvgIpc) is 2.97. The quantitative estimate of drug-likeness (QED) is 0.375. The van der Waals surface area contributed by atoms with Gasteiger partial charge in [0.15, 0.2) is 5.82 Å². The number of benzene rings is 2. The number of likely N-dealkylation sites (N-methyl/N-ethyl adjacent to an activating group) is 2. The number of terminal acetylenes is 1. The minimum absolute atomic E-state index is 0.0887. The number of halogens is 2. The van der Waals surface area contributed by atoms with Crippen molar-refractivity contribution in [1.82, 2.24) is 25.2 Å². The van der Waals surface area contributed by atoms with Gasteiger partial charge in [-0.25, -0.2) is 13.8 Å². The van der Waals surface area contributed by atoms with E-state index in [1.54, 1.807) is 24.4 Å². The van der Waals surface area contributed by atoms with Crippen LogP contribution in [0.4, 0.5) is 20.5 Å². The van der Waals surface area contributed by atoms with Crippen molar-refractivity contribution < 1.29 is 8.78 Å². The Morgan fingerprint density at radius 3 is 2.67 bits per heavy atom. The van der Waals surface area contributed by atoms with Gasteiger partial charge in [-0.2, -0.15) is 4.98 Å². The summed E-state index contributed by atoms with van der Waals surface area (Å²) < 4.78 is 31.3. The number of piperazine rings is 1. The number of anilines is 2. The minimum atomic E-state index is -0.569. The molecule has 0 spiro atoms. The standard InChI is InChI=1S/C31H33F2N7/c1-4-22-25(32)12-11-20-8-7-10-23(26(20)22)28-27(33)29-24(18-35-28)30(39(3)19-21-9-5-6-13-34-21)37-31(36-29)40-16-14-38(2)15-17-40/h1,7-8,10-12,18,21,34H,5-6,9,13-17,19H2,2-3H3/t21-/m0/s1. The van der Waals surface area contributed by atoms with Gasteiger partial charge in [-0.15, -0.1) is 6.42 Å². The Morgan fingerprint density at radius 1 is 1.10 bits per heavy atom. The molecule has 0 unspecified atom stereocenters. The van der Waals surface area contributed by atoms with Crippen molar-refractivity contribution in [1.29, 1.82) is 0 Å². The molecule has 1 N–H and O–H groups in total. The Labute approximate surface area is 233 Å². The molecule has 0 bridgehead atoms. The van der Waals surface area contributed by atoms with E-state index in [-0.39, 0.29) is 16.8 Å². The van der Waals surface area contributed by atoms with E-state index in [0.717, 1.165) is 51.1 Å². The van der Waals surface area contributed by atoms with Gasteiger partial charge in [-0.3, -0.25) is 4.98 Å². The number of hydrogen-bond acceptors (Lipinski definition) is 7. The molecule has 206 valence electrons. The van der Waals surface area contributed by atoms with Crippen molar-refractivity contribution in [3.63, 3.8) is 0 Å². The summed E-state index contributed by atoms with van der Waals surface area (Å²) in [5.74, 6) is 2.51. The molecule has 2 aliphatic heterocycles. The number of rotatable bonds is 5. The molecule has 6 rings (SSSR count). The van der Waals surface area contributed by atoms with Crippen molar-refractivity contribution in [2.45, 2.75) is 25.3 Å². The number of piperidine rings is 1. The highest BCUT2D eigenvalue weighted by molar-refractivity contribution is 6.02. The first-order valence-electron chi connectivity index (χ1n) is 13.9. The van der Waals surface area contributed by atoms with Crippen LogP contribution in [0.3, 0.4) is 0 Å². The summed E-state index contributed by atoms with van der Waals surface area (Å²) in [6, 6.07) is 8.68. The third-order valence-electron chi connectivity index (χ3n) is 8.10. The second kappa shape index (κ2) is 11.0. The van der Waals surface area contributed by atoms with Crippen molar-refractivity contribution in [3.05, 3.63) is 53.7 Å². The maximum absolute atomic E-state index is 16.6. The van der Waals surface area contributed by atoms with Crippen molar-refractivity contribution in [2.75, 3.05) is 63.2 Å². The van der Waals surface area contributed by atoms with Gasteiger partial charge in [-0.1, -0.05) is 36.6 Å². The predicted molar refractivity (Wildman–Crippen MR) is 157 cm³/mol. The molecule has 0 radical (unpaired) electrons. The largest absolute Gasteiger partial charge is 0.357 e. The first-order valence-corrected chi connectivity index (χ1v) is 13.9. The lowest BCUT2D eigenvalue weighted by molar-refractivity contribution is 0.311. The fourth-order valence-corrected chi connectivity index (χ4v) is 5.85. The van der Waals surface area contributed by atoms with Gasteiger partial charge < -0.3 is 20.0 Å². The molecule has 2 aromatic carbocycles. The molecule has 2 aromatic heterocycles. The fraction of sp³-hybridized carbons (Fsp3) is 0.387. The summed E-state index contributed by atoms with van der Waals surface area (Å²) in [5, 5.41) is 5.31. The summed E-state index contributed by atoms with van der Waals surface area (Å²) >= 11 is 0. The molecule has 4 aromatic rings. The Hall–Kier alpha value is -3.87. The minimum Gasteiger partial charge on any atom is -0.357 e. The monoisotopic (exact) mass is 541 g/mol. The van der Waals surface area contributed by atoms with Crippen LogP contribution in [0.2, 0.25) is 0 Å². The van der Waals surface area contributed by atoms with Crippen LogP contribution in [-0.2, 0) is 0 Å². The lowest BCUT2D eigenvalue weighted by Crippen LogP contribution is -2.45. The number of hydrogen-bond donors (Lipinski definition) is 1. The Balaban J connectivity index is 1.52. The first-order chi connectivity index (χ1) is 19.4. The van der Waals surface area contributed by atoms with Crippen LogP contribution in [0.1, 0.15) is 24.8 Å². The van der Waals surface area contributed by atoms with Crippen LogP contribution in [-0.4, -0.2) is 79.3 Å². The number of fused-ring (bicyclic) bond motifs is 2. The molecule has 9 heteroatoms. The van der Waals surface area contributed by atoms with E-state index in [1.165, 1.54) is 18.9 Å². The molecule has 2 aliphatic rings. The second-order valence-corrected chi connectivity index (χ2v) is 10.8. The molecule has 7 nitrogen and oxygen atoms in total. The summed E-state index contributed by atoms with van der Waals surface area (Å²) in [7, 11) is 4.08. The van der Waals surface area contributed by atoms with E-state index < -0.39 is 11.6 Å². The summed E-state index contributed by atoms with van der Waals surface area (Å²) in [4.78, 5) is 20.7. The van der Waals surface area contributed by atoms with Gasteiger partial charge >= 0.3 is 0 Å².